The van der Waals surface area contributed by atoms with Crippen LogP contribution in [0.25, 0.3) is 5.70 Å². The van der Waals surface area contributed by atoms with Crippen molar-refractivity contribution < 1.29 is 14.6 Å². The number of thiophene rings is 1. The van der Waals surface area contributed by atoms with E-state index >= 15 is 0 Å². The maximum Gasteiger partial charge on any atom is 0.333 e. The van der Waals surface area contributed by atoms with Crippen LogP contribution in [0.3, 0.4) is 0 Å². The van der Waals surface area contributed by atoms with Crippen LogP contribution in [0.1, 0.15) is 94.5 Å². The third-order valence-corrected chi connectivity index (χ3v) is 6.25. The number of carbonyl (C=O) groups is 1. The van der Waals surface area contributed by atoms with E-state index in [2.05, 4.69) is 50.2 Å². The van der Waals surface area contributed by atoms with Crippen molar-refractivity contribution in [3.8, 4) is 0 Å². The molecule has 230 valence electrons. The number of benzene rings is 2. The Balaban J connectivity index is 0. The molecule has 0 aliphatic carbocycles. The Morgan fingerprint density at radius 1 is 1.00 bits per heavy atom. The summed E-state index contributed by atoms with van der Waals surface area (Å²) in [5, 5.41) is 15.5. The van der Waals surface area contributed by atoms with Crippen molar-refractivity contribution in [3.05, 3.63) is 98.2 Å². The van der Waals surface area contributed by atoms with Crippen molar-refractivity contribution >= 4 is 34.6 Å². The van der Waals surface area contributed by atoms with Gasteiger partial charge in [0.25, 0.3) is 0 Å². The molecule has 0 bridgehead atoms. The number of carboxylic acid groups (broad SMARTS) is 1. The van der Waals surface area contributed by atoms with Crippen LogP contribution in [-0.2, 0) is 22.5 Å². The summed E-state index contributed by atoms with van der Waals surface area (Å²) in [6, 6.07) is 15.9. The quantitative estimate of drug-likeness (QED) is 0.255. The molecule has 2 N–H and O–H groups in total. The maximum absolute atomic E-state index is 11.5. The lowest BCUT2D eigenvalue weighted by molar-refractivity contribution is -0.153. The van der Waals surface area contributed by atoms with E-state index in [0.717, 1.165) is 33.5 Å². The van der Waals surface area contributed by atoms with Crippen LogP contribution in [0.5, 0.6) is 0 Å². The molecule has 0 aliphatic rings. The summed E-state index contributed by atoms with van der Waals surface area (Å²) < 4.78 is 5.52. The van der Waals surface area contributed by atoms with Crippen molar-refractivity contribution in [1.29, 1.82) is 0 Å². The molecule has 2 aromatic carbocycles. The Bertz CT molecular complexity index is 1110. The van der Waals surface area contributed by atoms with Crippen molar-refractivity contribution in [2.45, 2.75) is 108 Å². The summed E-state index contributed by atoms with van der Waals surface area (Å²) in [6.45, 7) is 26.8. The summed E-state index contributed by atoms with van der Waals surface area (Å²) >= 11 is 7.80. The molecule has 0 saturated carbocycles. The molecule has 1 atom stereocenters. The van der Waals surface area contributed by atoms with Crippen molar-refractivity contribution in [2.24, 2.45) is 0 Å². The number of aliphatic carboxylic acids is 1. The molecular weight excluding hydrogens is 550 g/mol. The van der Waals surface area contributed by atoms with Gasteiger partial charge in [0.2, 0.25) is 0 Å². The molecule has 1 unspecified atom stereocenters. The molecule has 6 heteroatoms. The molecule has 0 amide bonds. The third kappa shape index (κ3) is 17.7. The van der Waals surface area contributed by atoms with Gasteiger partial charge in [0.05, 0.1) is 6.10 Å². The first-order chi connectivity index (χ1) is 19.5. The van der Waals surface area contributed by atoms with E-state index < -0.39 is 12.1 Å². The van der Waals surface area contributed by atoms with E-state index in [0.29, 0.717) is 18.0 Å². The lowest BCUT2D eigenvalue weighted by Crippen LogP contribution is -2.29. The number of carboxylic acids is 1. The van der Waals surface area contributed by atoms with Gasteiger partial charge < -0.3 is 15.2 Å². The molecular formula is C35H54ClNO3S. The van der Waals surface area contributed by atoms with E-state index in [1.54, 1.807) is 11.3 Å². The topological polar surface area (TPSA) is 58.6 Å². The van der Waals surface area contributed by atoms with E-state index in [1.807, 2.05) is 91.8 Å². The first-order valence-electron chi connectivity index (χ1n) is 14.6. The Morgan fingerprint density at radius 3 is 2.05 bits per heavy atom. The average Bonchev–Trinajstić information content (AvgIpc) is 3.42. The Kier molecular flexibility index (Phi) is 23.8. The number of halogens is 1. The van der Waals surface area contributed by atoms with Gasteiger partial charge in [0.15, 0.2) is 6.10 Å². The van der Waals surface area contributed by atoms with Gasteiger partial charge in [-0.05, 0) is 86.0 Å². The molecule has 3 aromatic rings. The number of ether oxygens (including phenoxy) is 1. The van der Waals surface area contributed by atoms with Crippen LogP contribution >= 0.6 is 22.9 Å². The van der Waals surface area contributed by atoms with E-state index in [4.69, 9.17) is 16.3 Å². The summed E-state index contributed by atoms with van der Waals surface area (Å²) in [5.74, 6) is -0.944. The minimum absolute atomic E-state index is 0.140. The van der Waals surface area contributed by atoms with Crippen molar-refractivity contribution in [3.63, 3.8) is 0 Å². The zero-order valence-corrected chi connectivity index (χ0v) is 28.8. The molecule has 0 spiro atoms. The smallest absolute Gasteiger partial charge is 0.333 e. The van der Waals surface area contributed by atoms with Crippen LogP contribution in [0.15, 0.2) is 60.5 Å². The molecule has 41 heavy (non-hydrogen) atoms. The highest BCUT2D eigenvalue weighted by Crippen LogP contribution is 2.21. The monoisotopic (exact) mass is 603 g/mol. The summed E-state index contributed by atoms with van der Waals surface area (Å²) in [4.78, 5) is 12.8. The summed E-state index contributed by atoms with van der Waals surface area (Å²) in [5.41, 5.74) is 6.07. The van der Waals surface area contributed by atoms with Crippen LogP contribution < -0.4 is 5.32 Å². The fourth-order valence-electron chi connectivity index (χ4n) is 3.40. The second kappa shape index (κ2) is 24.0. The number of nitrogens with one attached hydrogen (secondary N) is 1. The van der Waals surface area contributed by atoms with E-state index in [1.165, 1.54) is 11.3 Å². The molecule has 3 rings (SSSR count). The maximum atomic E-state index is 11.5. The first-order valence-corrected chi connectivity index (χ1v) is 15.9. The van der Waals surface area contributed by atoms with Crippen molar-refractivity contribution in [2.75, 3.05) is 0 Å². The zero-order valence-electron chi connectivity index (χ0n) is 27.2. The van der Waals surface area contributed by atoms with Gasteiger partial charge in [-0.1, -0.05) is 96.5 Å². The second-order valence-corrected chi connectivity index (χ2v) is 10.8. The summed E-state index contributed by atoms with van der Waals surface area (Å²) in [7, 11) is 0. The van der Waals surface area contributed by atoms with E-state index in [-0.39, 0.29) is 6.10 Å². The molecule has 0 fully saturated rings. The largest absolute Gasteiger partial charge is 0.479 e. The van der Waals surface area contributed by atoms with Gasteiger partial charge >= 0.3 is 5.97 Å². The zero-order chi connectivity index (χ0) is 32.0. The van der Waals surface area contributed by atoms with Crippen LogP contribution in [0.2, 0.25) is 5.02 Å². The van der Waals surface area contributed by atoms with E-state index in [9.17, 15) is 9.90 Å². The highest BCUT2D eigenvalue weighted by molar-refractivity contribution is 7.09. The predicted octanol–water partition coefficient (Wildman–Crippen LogP) is 10.7. The molecule has 1 aromatic heterocycles. The van der Waals surface area contributed by atoms with Gasteiger partial charge in [-0.15, -0.1) is 11.3 Å². The molecule has 0 saturated heterocycles. The molecule has 1 heterocycles. The van der Waals surface area contributed by atoms with Crippen LogP contribution in [-0.4, -0.2) is 23.3 Å². The Morgan fingerprint density at radius 2 is 1.61 bits per heavy atom. The Labute approximate surface area is 259 Å². The highest BCUT2D eigenvalue weighted by Gasteiger charge is 2.20. The predicted molar refractivity (Wildman–Crippen MR) is 182 cm³/mol. The average molecular weight is 604 g/mol. The molecule has 0 aliphatic heterocycles. The molecule has 0 radical (unpaired) electrons. The standard InChI is InChI=1S/C23H28ClNO3.C5H6S.C3H8.2C2H6/c1-14(2)28-22(23(26)27)12-18-7-6-15(3)19(11-18)13-25-17(5)21-9-8-20(24)10-16(21)4;1-5-3-2-4-6-5;1-3-2;2*1-2/h6-11,14,22,25H,5,12-13H2,1-4H3,(H,26,27);2-4H,1H3;3H2,1-2H3;2*1-2H3. The third-order valence-electron chi connectivity index (χ3n) is 5.22. The number of hydrogen-bond acceptors (Lipinski definition) is 4. The second-order valence-electron chi connectivity index (χ2n) is 9.20. The normalized spacial score (nSPS) is 10.3. The van der Waals surface area contributed by atoms with Crippen LogP contribution in [0.4, 0.5) is 0 Å². The van der Waals surface area contributed by atoms with Crippen LogP contribution in [0, 0.1) is 20.8 Å². The number of rotatable bonds is 9. The molecule has 4 nitrogen and oxygen atoms in total. The minimum Gasteiger partial charge on any atom is -0.479 e. The fourth-order valence-corrected chi connectivity index (χ4v) is 4.16. The minimum atomic E-state index is -0.944. The van der Waals surface area contributed by atoms with Gasteiger partial charge in [0, 0.05) is 28.6 Å². The first kappa shape index (κ1) is 40.5. The van der Waals surface area contributed by atoms with Gasteiger partial charge in [0.1, 0.15) is 0 Å². The SMILES string of the molecule is C=C(NCc1cc(CC(OC(C)C)C(=O)O)ccc1C)c1ccc(Cl)cc1C.CC.CC.CCC.Cc1cccs1. The van der Waals surface area contributed by atoms with Gasteiger partial charge in [-0.2, -0.15) is 0 Å². The van der Waals surface area contributed by atoms with Gasteiger partial charge in [-0.3, -0.25) is 0 Å². The lowest BCUT2D eigenvalue weighted by atomic mass is 10.0. The fraction of sp³-hybridized carbons (Fsp3) is 0.457. The Hall–Kier alpha value is -2.60. The number of hydrogen-bond donors (Lipinski definition) is 2. The van der Waals surface area contributed by atoms with Gasteiger partial charge in [-0.25, -0.2) is 4.79 Å². The summed E-state index contributed by atoms with van der Waals surface area (Å²) in [6.07, 6.45) is 0.590. The number of aryl methyl sites for hydroxylation is 3. The highest BCUT2D eigenvalue weighted by atomic mass is 35.5. The van der Waals surface area contributed by atoms with Crippen molar-refractivity contribution in [1.82, 2.24) is 5.32 Å². The lowest BCUT2D eigenvalue weighted by Gasteiger charge is -2.18.